The normalized spacial score (nSPS) is 21.8. The van der Waals surface area contributed by atoms with Gasteiger partial charge >= 0.3 is 12.2 Å². The lowest BCUT2D eigenvalue weighted by Crippen LogP contribution is -2.42. The number of benzene rings is 1. The first-order valence-corrected chi connectivity index (χ1v) is 11.8. The predicted octanol–water partition coefficient (Wildman–Crippen LogP) is 4.12. The van der Waals surface area contributed by atoms with E-state index in [-0.39, 0.29) is 35.9 Å². The Balaban J connectivity index is 1.34. The zero-order valence-electron chi connectivity index (χ0n) is 18.8. The van der Waals surface area contributed by atoms with Crippen molar-refractivity contribution in [1.82, 2.24) is 19.6 Å². The molecule has 2 aliphatic heterocycles. The standard InChI is InChI=1S/C24H28F3N5O2/c25-24(26,27)20-4-2-1-3-18(20)16-7-10-31(14-16)22(33)19-13-29-32(21(19)15-5-6-15)17-8-11-30(12-9-17)23(28)34/h1-4,13,15-17H,5-12,14H2,(H2,28,34)/t16-/m1/s1. The van der Waals surface area contributed by atoms with Crippen LogP contribution in [0.3, 0.4) is 0 Å². The molecule has 1 aromatic carbocycles. The minimum atomic E-state index is -4.42. The molecule has 2 saturated heterocycles. The van der Waals surface area contributed by atoms with Crippen LogP contribution >= 0.6 is 0 Å². The number of likely N-dealkylation sites (tertiary alicyclic amines) is 2. The summed E-state index contributed by atoms with van der Waals surface area (Å²) in [5.74, 6) is -0.228. The maximum absolute atomic E-state index is 13.5. The molecule has 3 amide bonds. The van der Waals surface area contributed by atoms with Gasteiger partial charge in [0.1, 0.15) is 0 Å². The molecule has 3 aliphatic rings. The van der Waals surface area contributed by atoms with E-state index in [1.165, 1.54) is 12.1 Å². The number of primary amides is 1. The summed E-state index contributed by atoms with van der Waals surface area (Å²) in [4.78, 5) is 28.2. The Labute approximate surface area is 195 Å². The topological polar surface area (TPSA) is 84.5 Å². The minimum absolute atomic E-state index is 0.0951. The zero-order valence-corrected chi connectivity index (χ0v) is 18.8. The summed E-state index contributed by atoms with van der Waals surface area (Å²) in [6.07, 6.45) is 1.13. The molecule has 1 aliphatic carbocycles. The molecular weight excluding hydrogens is 447 g/mol. The number of carbonyl (C=O) groups is 2. The molecule has 10 heteroatoms. The smallest absolute Gasteiger partial charge is 0.351 e. The molecule has 0 bridgehead atoms. The lowest BCUT2D eigenvalue weighted by atomic mass is 9.93. The summed E-state index contributed by atoms with van der Waals surface area (Å²) >= 11 is 0. The van der Waals surface area contributed by atoms with Crippen molar-refractivity contribution < 1.29 is 22.8 Å². The lowest BCUT2D eigenvalue weighted by molar-refractivity contribution is -0.138. The van der Waals surface area contributed by atoms with Gasteiger partial charge in [-0.25, -0.2) is 4.79 Å². The van der Waals surface area contributed by atoms with Crippen LogP contribution in [-0.2, 0) is 6.18 Å². The Kier molecular flexibility index (Phi) is 5.77. The van der Waals surface area contributed by atoms with Crippen LogP contribution in [0.5, 0.6) is 0 Å². The molecule has 1 saturated carbocycles. The fourth-order valence-corrected chi connectivity index (χ4v) is 5.40. The molecule has 0 unspecified atom stereocenters. The fraction of sp³-hybridized carbons (Fsp3) is 0.542. The summed E-state index contributed by atoms with van der Waals surface area (Å²) in [6.45, 7) is 1.79. The number of hydrogen-bond acceptors (Lipinski definition) is 3. The number of urea groups is 1. The van der Waals surface area contributed by atoms with Crippen molar-refractivity contribution in [3.63, 3.8) is 0 Å². The summed E-state index contributed by atoms with van der Waals surface area (Å²) in [5, 5.41) is 4.57. The Hall–Kier alpha value is -3.04. The highest BCUT2D eigenvalue weighted by atomic mass is 19.4. The summed E-state index contributed by atoms with van der Waals surface area (Å²) in [6, 6.07) is 5.32. The first-order valence-electron chi connectivity index (χ1n) is 11.8. The molecule has 2 N–H and O–H groups in total. The number of nitrogens with zero attached hydrogens (tertiary/aromatic N) is 4. The van der Waals surface area contributed by atoms with Crippen molar-refractivity contribution >= 4 is 11.9 Å². The molecular formula is C24H28F3N5O2. The number of carbonyl (C=O) groups excluding carboxylic acids is 2. The van der Waals surface area contributed by atoms with Crippen molar-refractivity contribution in [3.05, 3.63) is 52.8 Å². The van der Waals surface area contributed by atoms with E-state index in [1.807, 2.05) is 4.68 Å². The molecule has 5 rings (SSSR count). The second-order valence-electron chi connectivity index (χ2n) is 9.54. The number of hydrogen-bond donors (Lipinski definition) is 1. The van der Waals surface area contributed by atoms with Gasteiger partial charge < -0.3 is 15.5 Å². The van der Waals surface area contributed by atoms with Crippen molar-refractivity contribution in [2.24, 2.45) is 5.73 Å². The first-order chi connectivity index (χ1) is 16.2. The molecule has 1 aromatic heterocycles. The van der Waals surface area contributed by atoms with Crippen LogP contribution in [-0.4, -0.2) is 57.7 Å². The second-order valence-corrected chi connectivity index (χ2v) is 9.54. The number of nitrogens with two attached hydrogens (primary N) is 1. The first kappa shape index (κ1) is 22.7. The van der Waals surface area contributed by atoms with Crippen LogP contribution in [0.25, 0.3) is 0 Å². The quantitative estimate of drug-likeness (QED) is 0.722. The van der Waals surface area contributed by atoms with Gasteiger partial charge in [0.05, 0.1) is 29.1 Å². The van der Waals surface area contributed by atoms with E-state index < -0.39 is 17.8 Å². The largest absolute Gasteiger partial charge is 0.416 e. The van der Waals surface area contributed by atoms with Crippen molar-refractivity contribution in [3.8, 4) is 0 Å². The Morgan fingerprint density at radius 3 is 2.26 bits per heavy atom. The average molecular weight is 476 g/mol. The van der Waals surface area contributed by atoms with Gasteiger partial charge in [0.25, 0.3) is 5.91 Å². The number of halogens is 3. The molecule has 0 radical (unpaired) electrons. The molecule has 182 valence electrons. The maximum Gasteiger partial charge on any atom is 0.416 e. The van der Waals surface area contributed by atoms with E-state index in [0.29, 0.717) is 31.6 Å². The molecule has 0 spiro atoms. The molecule has 34 heavy (non-hydrogen) atoms. The molecule has 3 heterocycles. The zero-order chi connectivity index (χ0) is 24.0. The number of aromatic nitrogens is 2. The highest BCUT2D eigenvalue weighted by Crippen LogP contribution is 2.44. The van der Waals surface area contributed by atoms with Crippen molar-refractivity contribution in [2.45, 2.75) is 56.2 Å². The van der Waals surface area contributed by atoms with Crippen LogP contribution in [0.15, 0.2) is 30.5 Å². The number of amides is 3. The highest BCUT2D eigenvalue weighted by molar-refractivity contribution is 5.95. The van der Waals surface area contributed by atoms with E-state index in [9.17, 15) is 22.8 Å². The number of alkyl halides is 3. The molecule has 7 nitrogen and oxygen atoms in total. The SMILES string of the molecule is NC(=O)N1CCC(n2ncc(C(=O)N3CC[C@@H](c4ccccc4C(F)(F)F)C3)c2C2CC2)CC1. The van der Waals surface area contributed by atoms with Gasteiger partial charge in [-0.15, -0.1) is 0 Å². The number of rotatable bonds is 4. The van der Waals surface area contributed by atoms with E-state index in [2.05, 4.69) is 5.10 Å². The Bertz CT molecular complexity index is 1090. The third kappa shape index (κ3) is 4.25. The van der Waals surface area contributed by atoms with Gasteiger partial charge in [0, 0.05) is 38.0 Å². The third-order valence-corrected chi connectivity index (χ3v) is 7.33. The van der Waals surface area contributed by atoms with Crippen molar-refractivity contribution in [1.29, 1.82) is 0 Å². The van der Waals surface area contributed by atoms with E-state index in [4.69, 9.17) is 5.73 Å². The molecule has 2 aromatic rings. The van der Waals surface area contributed by atoms with Crippen LogP contribution in [0, 0.1) is 0 Å². The molecule has 1 atom stereocenters. The average Bonchev–Trinajstić information content (AvgIpc) is 3.36. The van der Waals surface area contributed by atoms with Gasteiger partial charge in [0.2, 0.25) is 0 Å². The number of piperidine rings is 1. The van der Waals surface area contributed by atoms with Crippen LogP contribution in [0.2, 0.25) is 0 Å². The van der Waals surface area contributed by atoms with Gasteiger partial charge in [-0.2, -0.15) is 18.3 Å². The van der Waals surface area contributed by atoms with E-state index in [1.54, 1.807) is 22.1 Å². The minimum Gasteiger partial charge on any atom is -0.351 e. The third-order valence-electron chi connectivity index (χ3n) is 7.33. The maximum atomic E-state index is 13.5. The van der Waals surface area contributed by atoms with Crippen molar-refractivity contribution in [2.75, 3.05) is 26.2 Å². The van der Waals surface area contributed by atoms with Crippen LogP contribution in [0.1, 0.15) is 77.2 Å². The summed E-state index contributed by atoms with van der Waals surface area (Å²) < 4.78 is 42.5. The van der Waals surface area contributed by atoms with Crippen LogP contribution in [0.4, 0.5) is 18.0 Å². The van der Waals surface area contributed by atoms with Gasteiger partial charge in [-0.05, 0) is 43.7 Å². The second kappa shape index (κ2) is 8.63. The summed E-state index contributed by atoms with van der Waals surface area (Å²) in [7, 11) is 0. The molecule has 3 fully saturated rings. The highest BCUT2D eigenvalue weighted by Gasteiger charge is 2.40. The van der Waals surface area contributed by atoms with E-state index >= 15 is 0 Å². The van der Waals surface area contributed by atoms with Gasteiger partial charge in [-0.3, -0.25) is 9.48 Å². The van der Waals surface area contributed by atoms with E-state index in [0.717, 1.165) is 37.4 Å². The van der Waals surface area contributed by atoms with Gasteiger partial charge in [0.15, 0.2) is 0 Å². The monoisotopic (exact) mass is 475 g/mol. The van der Waals surface area contributed by atoms with Crippen LogP contribution < -0.4 is 5.73 Å². The summed E-state index contributed by atoms with van der Waals surface area (Å²) in [5.41, 5.74) is 6.52. The Morgan fingerprint density at radius 1 is 0.941 bits per heavy atom. The Morgan fingerprint density at radius 2 is 1.62 bits per heavy atom. The fourth-order valence-electron chi connectivity index (χ4n) is 5.40. The predicted molar refractivity (Wildman–Crippen MR) is 118 cm³/mol. The van der Waals surface area contributed by atoms with Gasteiger partial charge in [-0.1, -0.05) is 18.2 Å². The lowest BCUT2D eigenvalue weighted by Gasteiger charge is -2.31.